The van der Waals surface area contributed by atoms with Crippen molar-refractivity contribution in [1.29, 1.82) is 0 Å². The quantitative estimate of drug-likeness (QED) is 0.783. The fourth-order valence-electron chi connectivity index (χ4n) is 2.18. The molecular formula is C16H24N4O2S. The number of carbonyl (C=O) groups is 1. The number of nitrogens with zero attached hydrogens (tertiary/aromatic N) is 3. The average Bonchev–Trinajstić information content (AvgIpc) is 2.97. The summed E-state index contributed by atoms with van der Waals surface area (Å²) in [5, 5.41) is 7.47. The molecule has 7 heteroatoms. The van der Waals surface area contributed by atoms with Crippen LogP contribution in [0.2, 0.25) is 0 Å². The van der Waals surface area contributed by atoms with Gasteiger partial charge in [0, 0.05) is 30.5 Å². The van der Waals surface area contributed by atoms with Gasteiger partial charge in [-0.2, -0.15) is 0 Å². The summed E-state index contributed by atoms with van der Waals surface area (Å²) in [5.74, 6) is 2.31. The van der Waals surface area contributed by atoms with Crippen LogP contribution in [0.5, 0.6) is 0 Å². The molecule has 126 valence electrons. The molecule has 0 saturated heterocycles. The number of imidazole rings is 1. The maximum Gasteiger partial charge on any atom is 0.226 e. The van der Waals surface area contributed by atoms with E-state index in [2.05, 4.69) is 40.8 Å². The lowest BCUT2D eigenvalue weighted by atomic mass is 10.2. The first-order valence-corrected chi connectivity index (χ1v) is 8.75. The Bertz CT molecular complexity index is 676. The van der Waals surface area contributed by atoms with Gasteiger partial charge >= 0.3 is 0 Å². The molecule has 1 amide bonds. The molecule has 2 rings (SSSR count). The van der Waals surface area contributed by atoms with Crippen LogP contribution >= 0.6 is 11.8 Å². The average molecular weight is 336 g/mol. The normalized spacial score (nSPS) is 11.2. The molecule has 23 heavy (non-hydrogen) atoms. The Morgan fingerprint density at radius 3 is 2.74 bits per heavy atom. The van der Waals surface area contributed by atoms with E-state index >= 15 is 0 Å². The molecule has 0 spiro atoms. The minimum atomic E-state index is -0.0683. The number of nitrogens with one attached hydrogen (secondary N) is 1. The van der Waals surface area contributed by atoms with Crippen molar-refractivity contribution < 1.29 is 9.32 Å². The van der Waals surface area contributed by atoms with Crippen molar-refractivity contribution in [2.24, 2.45) is 5.92 Å². The monoisotopic (exact) mass is 336 g/mol. The van der Waals surface area contributed by atoms with Crippen molar-refractivity contribution in [1.82, 2.24) is 14.7 Å². The zero-order valence-corrected chi connectivity index (χ0v) is 15.2. The van der Waals surface area contributed by atoms with Crippen LogP contribution < -0.4 is 5.32 Å². The lowest BCUT2D eigenvalue weighted by Crippen LogP contribution is -2.13. The van der Waals surface area contributed by atoms with Crippen molar-refractivity contribution in [3.8, 4) is 0 Å². The van der Waals surface area contributed by atoms with Crippen molar-refractivity contribution in [3.05, 3.63) is 23.2 Å². The summed E-state index contributed by atoms with van der Waals surface area (Å²) in [6.45, 7) is 11.2. The maximum absolute atomic E-state index is 11.9. The van der Waals surface area contributed by atoms with E-state index < -0.39 is 0 Å². The van der Waals surface area contributed by atoms with Crippen LogP contribution in [0.4, 0.5) is 5.82 Å². The Hall–Kier alpha value is -1.76. The van der Waals surface area contributed by atoms with Crippen LogP contribution in [0.3, 0.4) is 0 Å². The molecule has 0 unspecified atom stereocenters. The van der Waals surface area contributed by atoms with Gasteiger partial charge in [-0.25, -0.2) is 4.98 Å². The van der Waals surface area contributed by atoms with E-state index in [1.54, 1.807) is 24.8 Å². The van der Waals surface area contributed by atoms with Crippen molar-refractivity contribution >= 4 is 23.5 Å². The van der Waals surface area contributed by atoms with Gasteiger partial charge in [0.15, 0.2) is 11.0 Å². The molecule has 0 aliphatic heterocycles. The number of hydrogen-bond acceptors (Lipinski definition) is 5. The molecule has 2 aromatic heterocycles. The molecule has 0 aliphatic rings. The summed E-state index contributed by atoms with van der Waals surface area (Å²) in [7, 11) is 0. The van der Waals surface area contributed by atoms with Gasteiger partial charge in [0.05, 0.1) is 5.69 Å². The molecule has 0 bridgehead atoms. The summed E-state index contributed by atoms with van der Waals surface area (Å²) in [4.78, 5) is 16.5. The first kappa shape index (κ1) is 17.6. The number of amides is 1. The second-order valence-electron chi connectivity index (χ2n) is 6.04. The first-order chi connectivity index (χ1) is 10.9. The lowest BCUT2D eigenvalue weighted by Gasteiger charge is -2.12. The Morgan fingerprint density at radius 1 is 1.39 bits per heavy atom. The highest BCUT2D eigenvalue weighted by molar-refractivity contribution is 7.99. The molecule has 0 atom stereocenters. The highest BCUT2D eigenvalue weighted by atomic mass is 32.2. The summed E-state index contributed by atoms with van der Waals surface area (Å²) < 4.78 is 7.16. The van der Waals surface area contributed by atoms with E-state index in [1.807, 2.05) is 6.92 Å². The highest BCUT2D eigenvalue weighted by Crippen LogP contribution is 2.23. The fraction of sp³-hybridized carbons (Fsp3) is 0.562. The van der Waals surface area contributed by atoms with Crippen LogP contribution in [-0.4, -0.2) is 26.4 Å². The zero-order chi connectivity index (χ0) is 17.0. The predicted octanol–water partition coefficient (Wildman–Crippen LogP) is 3.57. The standard InChI is InChI=1S/C16H24N4O2S/c1-10(2)9-20-13(5)12(4)17-16(20)23-7-6-15(21)18-14-8-11(3)22-19-14/h8,10H,6-7,9H2,1-5H3,(H,18,19,21). The van der Waals surface area contributed by atoms with Crippen molar-refractivity contribution in [2.45, 2.75) is 52.7 Å². The number of thioether (sulfide) groups is 1. The third-order valence-corrected chi connectivity index (χ3v) is 4.40. The van der Waals surface area contributed by atoms with Crippen LogP contribution in [0.25, 0.3) is 0 Å². The molecule has 0 saturated carbocycles. The number of aryl methyl sites for hydroxylation is 2. The fourth-order valence-corrected chi connectivity index (χ4v) is 3.22. The van der Waals surface area contributed by atoms with Crippen LogP contribution in [-0.2, 0) is 11.3 Å². The van der Waals surface area contributed by atoms with Crippen LogP contribution in [0.15, 0.2) is 15.7 Å². The first-order valence-electron chi connectivity index (χ1n) is 7.76. The Labute approximate surface area is 141 Å². The van der Waals surface area contributed by atoms with Crippen LogP contribution in [0, 0.1) is 26.7 Å². The number of aromatic nitrogens is 3. The molecule has 2 aromatic rings. The second-order valence-corrected chi connectivity index (χ2v) is 7.10. The smallest absolute Gasteiger partial charge is 0.226 e. The molecule has 0 aromatic carbocycles. The summed E-state index contributed by atoms with van der Waals surface area (Å²) in [6.07, 6.45) is 0.406. The third kappa shape index (κ3) is 4.86. The van der Waals surface area contributed by atoms with Gasteiger partial charge in [-0.15, -0.1) is 0 Å². The molecule has 6 nitrogen and oxygen atoms in total. The molecule has 0 radical (unpaired) electrons. The van der Waals surface area contributed by atoms with Gasteiger partial charge in [0.1, 0.15) is 5.76 Å². The predicted molar refractivity (Wildman–Crippen MR) is 91.7 cm³/mol. The topological polar surface area (TPSA) is 73.0 Å². The molecular weight excluding hydrogens is 312 g/mol. The number of hydrogen-bond donors (Lipinski definition) is 1. The molecule has 0 aliphatic carbocycles. The lowest BCUT2D eigenvalue weighted by molar-refractivity contribution is -0.115. The van der Waals surface area contributed by atoms with E-state index in [-0.39, 0.29) is 5.91 Å². The molecule has 2 heterocycles. The van der Waals surface area contributed by atoms with E-state index in [0.29, 0.717) is 29.7 Å². The molecule has 1 N–H and O–H groups in total. The van der Waals surface area contributed by atoms with Crippen molar-refractivity contribution in [2.75, 3.05) is 11.1 Å². The van der Waals surface area contributed by atoms with E-state index in [0.717, 1.165) is 17.4 Å². The van der Waals surface area contributed by atoms with Gasteiger partial charge in [0.25, 0.3) is 0 Å². The summed E-state index contributed by atoms with van der Waals surface area (Å²) in [6, 6.07) is 1.70. The largest absolute Gasteiger partial charge is 0.360 e. The summed E-state index contributed by atoms with van der Waals surface area (Å²) in [5.41, 5.74) is 2.25. The van der Waals surface area contributed by atoms with Gasteiger partial charge in [-0.1, -0.05) is 30.8 Å². The number of anilines is 1. The SMILES string of the molecule is Cc1cc(NC(=O)CCSc2nc(C)c(C)n2CC(C)C)no1. The maximum atomic E-state index is 11.9. The van der Waals surface area contributed by atoms with Gasteiger partial charge in [0.2, 0.25) is 5.91 Å². The number of rotatable bonds is 7. The Kier molecular flexibility index (Phi) is 5.87. The van der Waals surface area contributed by atoms with E-state index in [1.165, 1.54) is 5.69 Å². The van der Waals surface area contributed by atoms with Gasteiger partial charge in [-0.05, 0) is 26.7 Å². The second kappa shape index (κ2) is 7.68. The Morgan fingerprint density at radius 2 is 2.13 bits per heavy atom. The van der Waals surface area contributed by atoms with Gasteiger partial charge < -0.3 is 14.4 Å². The van der Waals surface area contributed by atoms with Crippen molar-refractivity contribution in [3.63, 3.8) is 0 Å². The Balaban J connectivity index is 1.88. The summed E-state index contributed by atoms with van der Waals surface area (Å²) >= 11 is 1.62. The minimum absolute atomic E-state index is 0.0683. The van der Waals surface area contributed by atoms with Gasteiger partial charge in [-0.3, -0.25) is 4.79 Å². The minimum Gasteiger partial charge on any atom is -0.360 e. The van der Waals surface area contributed by atoms with E-state index in [9.17, 15) is 4.79 Å². The number of carbonyl (C=O) groups excluding carboxylic acids is 1. The van der Waals surface area contributed by atoms with E-state index in [4.69, 9.17) is 4.52 Å². The zero-order valence-electron chi connectivity index (χ0n) is 14.3. The molecule has 0 fully saturated rings. The van der Waals surface area contributed by atoms with Crippen LogP contribution in [0.1, 0.15) is 37.4 Å². The third-order valence-electron chi connectivity index (χ3n) is 3.43. The highest BCUT2D eigenvalue weighted by Gasteiger charge is 2.13.